The summed E-state index contributed by atoms with van der Waals surface area (Å²) in [5, 5.41) is 16.6. The van der Waals surface area contributed by atoms with Crippen molar-refractivity contribution in [2.45, 2.75) is 51.4 Å². The topological polar surface area (TPSA) is 23.5 Å². The molecular formula is C32H43NOP2. The lowest BCUT2D eigenvalue weighted by atomic mass is 9.82. The maximum absolute atomic E-state index is 12.4. The summed E-state index contributed by atoms with van der Waals surface area (Å²) in [7, 11) is 3.56. The first-order valence-corrected chi connectivity index (χ1v) is 16.7. The van der Waals surface area contributed by atoms with Crippen LogP contribution in [0.4, 0.5) is 0 Å². The molecule has 3 aromatic carbocycles. The molecule has 4 rings (SSSR count). The van der Waals surface area contributed by atoms with Crippen LogP contribution in [0.25, 0.3) is 0 Å². The zero-order valence-electron chi connectivity index (χ0n) is 22.6. The van der Waals surface area contributed by atoms with Crippen molar-refractivity contribution in [2.24, 2.45) is 11.8 Å². The van der Waals surface area contributed by atoms with Crippen molar-refractivity contribution in [3.8, 4) is 0 Å². The molecule has 0 heterocycles. The van der Waals surface area contributed by atoms with Crippen LogP contribution in [0, 0.1) is 11.8 Å². The van der Waals surface area contributed by atoms with Crippen molar-refractivity contribution in [3.63, 3.8) is 0 Å². The third-order valence-electron chi connectivity index (χ3n) is 8.29. The summed E-state index contributed by atoms with van der Waals surface area (Å²) in [6.45, 7) is 6.96. The molecule has 0 aliphatic heterocycles. The lowest BCUT2D eigenvalue weighted by molar-refractivity contribution is 0.0616. The Morgan fingerprint density at radius 1 is 0.806 bits per heavy atom. The van der Waals surface area contributed by atoms with Crippen LogP contribution >= 0.6 is 15.8 Å². The summed E-state index contributed by atoms with van der Waals surface area (Å²) in [5.41, 5.74) is 1.63. The Kier molecular flexibility index (Phi) is 9.77. The van der Waals surface area contributed by atoms with Gasteiger partial charge >= 0.3 is 0 Å². The molecule has 0 amide bonds. The predicted octanol–water partition coefficient (Wildman–Crippen LogP) is 6.34. The first-order chi connectivity index (χ1) is 17.5. The van der Waals surface area contributed by atoms with Gasteiger partial charge < -0.3 is 10.0 Å². The van der Waals surface area contributed by atoms with Crippen LogP contribution in [0.15, 0.2) is 84.9 Å². The van der Waals surface area contributed by atoms with E-state index in [1.165, 1.54) is 46.6 Å². The van der Waals surface area contributed by atoms with Crippen molar-refractivity contribution >= 4 is 31.8 Å². The van der Waals surface area contributed by atoms with Gasteiger partial charge in [0.1, 0.15) is 0 Å². The van der Waals surface area contributed by atoms with E-state index in [4.69, 9.17) is 0 Å². The van der Waals surface area contributed by atoms with Gasteiger partial charge in [-0.05, 0) is 87.2 Å². The Bertz CT molecular complexity index is 1030. The maximum Gasteiger partial charge on any atom is 0.0833 e. The van der Waals surface area contributed by atoms with Gasteiger partial charge in [-0.25, -0.2) is 0 Å². The van der Waals surface area contributed by atoms with Crippen molar-refractivity contribution < 1.29 is 5.11 Å². The highest BCUT2D eigenvalue weighted by atomic mass is 31.1. The number of benzene rings is 3. The molecule has 1 aliphatic carbocycles. The average Bonchev–Trinajstić information content (AvgIpc) is 3.34. The Labute approximate surface area is 221 Å². The summed E-state index contributed by atoms with van der Waals surface area (Å²) < 4.78 is 0. The molecule has 36 heavy (non-hydrogen) atoms. The van der Waals surface area contributed by atoms with Crippen LogP contribution in [0.5, 0.6) is 0 Å². The van der Waals surface area contributed by atoms with E-state index in [0.717, 1.165) is 0 Å². The minimum Gasteiger partial charge on any atom is -0.388 e. The SMILES string of the molecule is CCP(CC)c1ccccc1C(O)C1C([C@@H](C)N(C)C)CCC1P(c1ccccc1)c1ccccc1. The summed E-state index contributed by atoms with van der Waals surface area (Å²) in [6, 6.07) is 31.4. The van der Waals surface area contributed by atoms with Gasteiger partial charge in [0.15, 0.2) is 0 Å². The number of aliphatic hydroxyl groups is 1. The summed E-state index contributed by atoms with van der Waals surface area (Å²) >= 11 is 0. The van der Waals surface area contributed by atoms with Gasteiger partial charge in [-0.2, -0.15) is 0 Å². The number of nitrogens with zero attached hydrogens (tertiary/aromatic N) is 1. The molecule has 1 fully saturated rings. The van der Waals surface area contributed by atoms with Gasteiger partial charge in [0.2, 0.25) is 0 Å². The smallest absolute Gasteiger partial charge is 0.0833 e. The number of hydrogen-bond acceptors (Lipinski definition) is 2. The third kappa shape index (κ3) is 5.79. The third-order valence-corrected chi connectivity index (χ3v) is 13.9. The van der Waals surface area contributed by atoms with Crippen molar-refractivity contribution in [3.05, 3.63) is 90.5 Å². The highest BCUT2D eigenvalue weighted by molar-refractivity contribution is 7.73. The second kappa shape index (κ2) is 12.8. The van der Waals surface area contributed by atoms with E-state index < -0.39 is 14.0 Å². The summed E-state index contributed by atoms with van der Waals surface area (Å²) in [6.07, 6.45) is 4.23. The Morgan fingerprint density at radius 2 is 1.33 bits per heavy atom. The van der Waals surface area contributed by atoms with E-state index >= 15 is 0 Å². The summed E-state index contributed by atoms with van der Waals surface area (Å²) in [4.78, 5) is 2.36. The van der Waals surface area contributed by atoms with E-state index in [2.05, 4.69) is 125 Å². The first kappa shape index (κ1) is 27.5. The monoisotopic (exact) mass is 519 g/mol. The van der Waals surface area contributed by atoms with E-state index in [9.17, 15) is 5.11 Å². The highest BCUT2D eigenvalue weighted by Gasteiger charge is 2.47. The number of hydrogen-bond donors (Lipinski definition) is 1. The van der Waals surface area contributed by atoms with Crippen LogP contribution in [0.1, 0.15) is 45.3 Å². The van der Waals surface area contributed by atoms with Gasteiger partial charge in [-0.1, -0.05) is 107 Å². The molecule has 4 unspecified atom stereocenters. The molecule has 1 aliphatic rings. The Hall–Kier alpha value is -1.56. The molecule has 4 heteroatoms. The van der Waals surface area contributed by atoms with Gasteiger partial charge in [0.25, 0.3) is 0 Å². The maximum atomic E-state index is 12.4. The molecule has 0 aromatic heterocycles. The van der Waals surface area contributed by atoms with Crippen molar-refractivity contribution in [2.75, 3.05) is 26.4 Å². The van der Waals surface area contributed by atoms with Crippen LogP contribution in [-0.4, -0.2) is 48.1 Å². The standard InChI is InChI=1S/C32H43NOP2/c1-6-35(7-2)29-21-15-14-20-28(29)32(34)31-27(24(3)33(4)5)22-23-30(31)36(25-16-10-8-11-17-25)26-18-12-9-13-19-26/h8-21,24,27,30-32,34H,6-7,22-23H2,1-5H3/t24-,27?,30?,31?,32?/m1/s1. The number of aliphatic hydroxyl groups excluding tert-OH is 1. The Balaban J connectivity index is 1.83. The minimum absolute atomic E-state index is 0.223. The molecule has 3 aromatic rings. The quantitative estimate of drug-likeness (QED) is 0.316. The van der Waals surface area contributed by atoms with Gasteiger partial charge in [0, 0.05) is 12.0 Å². The molecule has 192 valence electrons. The van der Waals surface area contributed by atoms with Crippen LogP contribution in [-0.2, 0) is 0 Å². The average molecular weight is 520 g/mol. The zero-order valence-corrected chi connectivity index (χ0v) is 24.4. The molecule has 0 radical (unpaired) electrons. The lowest BCUT2D eigenvalue weighted by Crippen LogP contribution is -2.40. The molecule has 1 N–H and O–H groups in total. The highest BCUT2D eigenvalue weighted by Crippen LogP contribution is 2.56. The van der Waals surface area contributed by atoms with Crippen LogP contribution in [0.2, 0.25) is 0 Å². The zero-order chi connectivity index (χ0) is 25.7. The van der Waals surface area contributed by atoms with E-state index in [0.29, 0.717) is 17.6 Å². The fourth-order valence-corrected chi connectivity index (χ4v) is 11.4. The molecular weight excluding hydrogens is 476 g/mol. The molecule has 2 nitrogen and oxygen atoms in total. The number of rotatable bonds is 10. The van der Waals surface area contributed by atoms with Crippen LogP contribution < -0.4 is 15.9 Å². The fourth-order valence-electron chi connectivity index (χ4n) is 6.23. The van der Waals surface area contributed by atoms with Crippen molar-refractivity contribution in [1.29, 1.82) is 0 Å². The fraction of sp³-hybridized carbons (Fsp3) is 0.438. The van der Waals surface area contributed by atoms with Gasteiger partial charge in [0.05, 0.1) is 6.10 Å². The predicted molar refractivity (Wildman–Crippen MR) is 161 cm³/mol. The van der Waals surface area contributed by atoms with E-state index in [1.807, 2.05) is 0 Å². The minimum atomic E-state index is -0.590. The molecule has 1 saturated carbocycles. The molecule has 5 atom stereocenters. The van der Waals surface area contributed by atoms with Crippen LogP contribution in [0.3, 0.4) is 0 Å². The first-order valence-electron chi connectivity index (χ1n) is 13.6. The summed E-state index contributed by atoms with van der Waals surface area (Å²) in [5.74, 6) is 0.681. The second-order valence-electron chi connectivity index (χ2n) is 10.3. The normalized spacial score (nSPS) is 21.9. The molecule has 0 saturated heterocycles. The lowest BCUT2D eigenvalue weighted by Gasteiger charge is -2.39. The van der Waals surface area contributed by atoms with E-state index in [1.54, 1.807) is 0 Å². The van der Waals surface area contributed by atoms with E-state index in [-0.39, 0.29) is 13.8 Å². The molecule has 0 spiro atoms. The van der Waals surface area contributed by atoms with Gasteiger partial charge in [-0.15, -0.1) is 0 Å². The second-order valence-corrected chi connectivity index (χ2v) is 15.6. The Morgan fingerprint density at radius 3 is 1.86 bits per heavy atom. The van der Waals surface area contributed by atoms with Crippen molar-refractivity contribution in [1.82, 2.24) is 4.90 Å². The molecule has 0 bridgehead atoms. The largest absolute Gasteiger partial charge is 0.388 e. The van der Waals surface area contributed by atoms with Gasteiger partial charge in [-0.3, -0.25) is 0 Å².